The van der Waals surface area contributed by atoms with Crippen LogP contribution in [-0.2, 0) is 10.4 Å². The predicted molar refractivity (Wildman–Crippen MR) is 53.4 cm³/mol. The van der Waals surface area contributed by atoms with Gasteiger partial charge in [0.05, 0.1) is 0 Å². The first kappa shape index (κ1) is 15.6. The lowest BCUT2D eigenvalue weighted by Gasteiger charge is -2.10. The van der Waals surface area contributed by atoms with Crippen molar-refractivity contribution >= 4 is 16.1 Å². The first-order chi connectivity index (χ1) is 7.58. The number of halogens is 3. The van der Waals surface area contributed by atoms with Crippen molar-refractivity contribution in [2.24, 2.45) is 0 Å². The molecule has 0 heterocycles. The quantitative estimate of drug-likeness (QED) is 0.370. The fraction of sp³-hybridized carbons (Fsp3) is 0.143. The monoisotopic (exact) mass is 274 g/mol. The number of anilines is 1. The lowest BCUT2D eigenvalue weighted by molar-refractivity contribution is -0.151. The molecular weight excluding hydrogens is 265 g/mol. The minimum atomic E-state index is -4.67. The smallest absolute Gasteiger partial charge is 0.314 e. The minimum absolute atomic E-state index is 0.370. The van der Waals surface area contributed by atoms with Crippen LogP contribution in [-0.4, -0.2) is 23.8 Å². The Balaban J connectivity index is 0.000000437. The second-order valence-corrected chi connectivity index (χ2v) is 3.46. The van der Waals surface area contributed by atoms with Gasteiger partial charge in [0.25, 0.3) is 0 Å². The molecule has 0 fully saturated rings. The van der Waals surface area contributed by atoms with E-state index in [1.165, 1.54) is 17.6 Å². The third kappa shape index (κ3) is 14.6. The summed E-state index contributed by atoms with van der Waals surface area (Å²) < 4.78 is 66.3. The molecule has 0 aliphatic heterocycles. The highest BCUT2D eigenvalue weighted by Gasteiger charge is 2.26. The maximum atomic E-state index is 11.6. The van der Waals surface area contributed by atoms with Crippen molar-refractivity contribution in [3.05, 3.63) is 30.3 Å². The van der Waals surface area contributed by atoms with Crippen LogP contribution in [0.25, 0.3) is 0 Å². The van der Waals surface area contributed by atoms with E-state index in [1.54, 1.807) is 18.2 Å². The molecule has 0 bridgehead atoms. The molecule has 0 radical (unpaired) electrons. The molecule has 98 valence electrons. The molecule has 1 aromatic rings. The van der Waals surface area contributed by atoms with Crippen LogP contribution in [0.2, 0.25) is 0 Å². The number of para-hydroxylation sites is 1. The molecule has 4 N–H and O–H groups in total. The molecule has 0 atom stereocenters. The van der Waals surface area contributed by atoms with Gasteiger partial charge in [0, 0.05) is 5.69 Å². The Kier molecular flexibility index (Phi) is 5.88. The summed E-state index contributed by atoms with van der Waals surface area (Å²) >= 11 is 0. The van der Waals surface area contributed by atoms with Crippen LogP contribution in [0.1, 0.15) is 0 Å². The third-order valence-electron chi connectivity index (χ3n) is 1.12. The largest absolute Gasteiger partial charge is 0.474 e. The summed E-state index contributed by atoms with van der Waals surface area (Å²) in [5.74, 6) is 0. The fourth-order valence-electron chi connectivity index (χ4n) is 0.665. The molecule has 0 aliphatic rings. The van der Waals surface area contributed by atoms with E-state index < -0.39 is 16.7 Å². The fourth-order valence-corrected chi connectivity index (χ4v) is 0.665. The number of rotatable bonds is 2. The number of benzene rings is 1. The second-order valence-electron chi connectivity index (χ2n) is 2.56. The average Bonchev–Trinajstić information content (AvgIpc) is 2.13. The Bertz CT molecular complexity index is 412. The van der Waals surface area contributed by atoms with Crippen LogP contribution < -0.4 is 10.9 Å². The second kappa shape index (κ2) is 6.39. The highest BCUT2D eigenvalue weighted by Crippen LogP contribution is 2.10. The zero-order chi connectivity index (χ0) is 13.5. The van der Waals surface area contributed by atoms with Gasteiger partial charge in [0.15, 0.2) is 0 Å². The molecule has 0 aromatic heterocycles. The van der Waals surface area contributed by atoms with E-state index >= 15 is 0 Å². The molecule has 0 aliphatic carbocycles. The number of nitrogens with one attached hydrogen (secondary N) is 2. The van der Waals surface area contributed by atoms with E-state index in [2.05, 4.69) is 0 Å². The first-order valence-electron chi connectivity index (χ1n) is 3.93. The Morgan fingerprint density at radius 2 is 1.47 bits per heavy atom. The van der Waals surface area contributed by atoms with Gasteiger partial charge in [-0.3, -0.25) is 9.11 Å². The molecule has 1 aromatic carbocycles. The van der Waals surface area contributed by atoms with Crippen LogP contribution in [0.3, 0.4) is 0 Å². The van der Waals surface area contributed by atoms with Gasteiger partial charge in [-0.05, 0) is 12.1 Å². The van der Waals surface area contributed by atoms with E-state index in [-0.39, 0.29) is 0 Å². The maximum absolute atomic E-state index is 11.6. The number of alkyl halides is 3. The van der Waals surface area contributed by atoms with Gasteiger partial charge in [0.1, 0.15) is 0 Å². The highest BCUT2D eigenvalue weighted by molar-refractivity contribution is 7.79. The summed E-state index contributed by atoms with van der Waals surface area (Å²) in [4.78, 5) is 0. The van der Waals surface area contributed by atoms with E-state index in [4.69, 9.17) is 17.5 Å². The van der Waals surface area contributed by atoms with Crippen molar-refractivity contribution in [1.82, 2.24) is 5.43 Å². The van der Waals surface area contributed by atoms with Gasteiger partial charge in [0.2, 0.25) is 0 Å². The molecule has 0 amide bonds. The number of hydrogen-bond acceptors (Lipinski definition) is 4. The third-order valence-corrected chi connectivity index (χ3v) is 1.12. The van der Waals surface area contributed by atoms with Crippen LogP contribution in [0, 0.1) is 0 Å². The van der Waals surface area contributed by atoms with Crippen molar-refractivity contribution in [1.29, 1.82) is 0 Å². The Morgan fingerprint density at radius 1 is 1.06 bits per heavy atom. The van der Waals surface area contributed by atoms with E-state index in [9.17, 15) is 13.2 Å². The summed E-state index contributed by atoms with van der Waals surface area (Å²) in [7, 11) is -4.67. The summed E-state index contributed by atoms with van der Waals surface area (Å²) in [5, 5.41) is 0. The molecule has 0 saturated carbocycles. The summed E-state index contributed by atoms with van der Waals surface area (Å²) in [5.41, 5.74) is 3.57. The molecule has 1 rings (SSSR count). The van der Waals surface area contributed by atoms with Gasteiger partial charge in [-0.15, -0.1) is 5.43 Å². The van der Waals surface area contributed by atoms with Crippen LogP contribution >= 0.6 is 0 Å². The van der Waals surface area contributed by atoms with Crippen LogP contribution in [0.5, 0.6) is 0 Å². The summed E-state index contributed by atoms with van der Waals surface area (Å²) in [6, 6.07) is 8.05. The normalized spacial score (nSPS) is 11.4. The zero-order valence-electron chi connectivity index (χ0n) is 8.14. The van der Waals surface area contributed by atoms with Gasteiger partial charge >= 0.3 is 16.7 Å². The standard InChI is InChI=1S/C7H7F3N2.H2O4S/c8-7(9,10)12-11-6-4-2-1-3-5-6;1-5(2,3)4/h1-5,11-12H;(H2,1,2,3,4). The van der Waals surface area contributed by atoms with Gasteiger partial charge in [-0.1, -0.05) is 18.2 Å². The zero-order valence-corrected chi connectivity index (χ0v) is 8.96. The molecule has 0 unspecified atom stereocenters. The average molecular weight is 274 g/mol. The van der Waals surface area contributed by atoms with Crippen molar-refractivity contribution in [2.75, 3.05) is 5.43 Å². The minimum Gasteiger partial charge on any atom is -0.314 e. The number of hydrazine groups is 1. The number of hydrogen-bond donors (Lipinski definition) is 4. The molecule has 17 heavy (non-hydrogen) atoms. The lowest BCUT2D eigenvalue weighted by atomic mass is 10.3. The summed E-state index contributed by atoms with van der Waals surface area (Å²) in [6.45, 7) is 0. The SMILES string of the molecule is FC(F)(F)NNc1ccccc1.O=S(=O)(O)O. The van der Waals surface area contributed by atoms with Crippen molar-refractivity contribution in [3.8, 4) is 0 Å². The van der Waals surface area contributed by atoms with Crippen LogP contribution in [0.4, 0.5) is 18.9 Å². The maximum Gasteiger partial charge on any atom is 0.474 e. The van der Waals surface area contributed by atoms with Crippen LogP contribution in [0.15, 0.2) is 30.3 Å². The molecule has 0 saturated heterocycles. The Labute approximate surface area is 95.0 Å². The van der Waals surface area contributed by atoms with E-state index in [0.29, 0.717) is 5.69 Å². The van der Waals surface area contributed by atoms with Crippen molar-refractivity contribution < 1.29 is 30.7 Å². The van der Waals surface area contributed by atoms with E-state index in [1.807, 2.05) is 5.43 Å². The molecule has 10 heteroatoms. The first-order valence-corrected chi connectivity index (χ1v) is 5.32. The lowest BCUT2D eigenvalue weighted by Crippen LogP contribution is -2.36. The van der Waals surface area contributed by atoms with Gasteiger partial charge < -0.3 is 5.43 Å². The topological polar surface area (TPSA) is 98.7 Å². The molecular formula is C7H9F3N2O4S. The molecule has 6 nitrogen and oxygen atoms in total. The Hall–Kier alpha value is -1.36. The van der Waals surface area contributed by atoms with Crippen molar-refractivity contribution in [3.63, 3.8) is 0 Å². The van der Waals surface area contributed by atoms with E-state index in [0.717, 1.165) is 0 Å². The van der Waals surface area contributed by atoms with Gasteiger partial charge in [-0.2, -0.15) is 21.6 Å². The predicted octanol–water partition coefficient (Wildman–Crippen LogP) is 1.47. The van der Waals surface area contributed by atoms with Crippen molar-refractivity contribution in [2.45, 2.75) is 6.30 Å². The highest BCUT2D eigenvalue weighted by atomic mass is 32.3. The summed E-state index contributed by atoms with van der Waals surface area (Å²) in [6.07, 6.45) is -4.41. The Morgan fingerprint density at radius 3 is 1.82 bits per heavy atom. The van der Waals surface area contributed by atoms with Gasteiger partial charge in [-0.25, -0.2) is 0 Å². The molecule has 0 spiro atoms.